The molecule has 2 aromatic rings. The Hall–Kier alpha value is -2.34. The molecule has 2 rings (SSSR count). The Kier molecular flexibility index (Phi) is 4.94. The zero-order valence-corrected chi connectivity index (χ0v) is 12.5. The van der Waals surface area contributed by atoms with E-state index in [1.807, 2.05) is 24.4 Å². The molecule has 0 saturated carbocycles. The van der Waals surface area contributed by atoms with E-state index in [-0.39, 0.29) is 5.91 Å². The van der Waals surface area contributed by atoms with Crippen LogP contribution >= 0.6 is 11.3 Å². The molecule has 3 N–H and O–H groups in total. The highest BCUT2D eigenvalue weighted by Gasteiger charge is 2.14. The predicted molar refractivity (Wildman–Crippen MR) is 84.4 cm³/mol. The summed E-state index contributed by atoms with van der Waals surface area (Å²) in [7, 11) is 0. The zero-order chi connectivity index (χ0) is 15.2. The smallest absolute Gasteiger partial charge is 0.316 e. The third kappa shape index (κ3) is 4.06. The lowest BCUT2D eigenvalue weighted by atomic mass is 10.1. The molecule has 0 unspecified atom stereocenters. The van der Waals surface area contributed by atoms with Crippen LogP contribution in [0, 0.1) is 0 Å². The topological polar surface area (TPSA) is 75.4 Å². The van der Waals surface area contributed by atoms with Gasteiger partial charge in [0.1, 0.15) is 0 Å². The molecule has 5 nitrogen and oxygen atoms in total. The maximum atomic E-state index is 12.5. The van der Waals surface area contributed by atoms with Crippen molar-refractivity contribution in [1.29, 1.82) is 0 Å². The fourth-order valence-corrected chi connectivity index (χ4v) is 2.66. The first-order chi connectivity index (χ1) is 10.1. The van der Waals surface area contributed by atoms with Crippen LogP contribution in [-0.4, -0.2) is 23.4 Å². The van der Waals surface area contributed by atoms with Crippen molar-refractivity contribution in [3.63, 3.8) is 0 Å². The first-order valence-corrected chi connectivity index (χ1v) is 7.46. The minimum absolute atomic E-state index is 0.0310. The van der Waals surface area contributed by atoms with Crippen LogP contribution in [0.2, 0.25) is 0 Å². The number of thiophene rings is 1. The van der Waals surface area contributed by atoms with Gasteiger partial charge >= 0.3 is 6.03 Å². The summed E-state index contributed by atoms with van der Waals surface area (Å²) in [5.74, 6) is -0.0310. The molecule has 1 aromatic heterocycles. The average Bonchev–Trinajstić information content (AvgIpc) is 2.97. The van der Waals surface area contributed by atoms with Gasteiger partial charge in [0, 0.05) is 22.7 Å². The molecule has 1 heterocycles. The number of anilines is 1. The van der Waals surface area contributed by atoms with E-state index in [0.717, 1.165) is 4.88 Å². The molecule has 3 amide bonds. The number of hydrogen-bond acceptors (Lipinski definition) is 3. The first kappa shape index (κ1) is 15.1. The Balaban J connectivity index is 2.08. The quantitative estimate of drug-likeness (QED) is 0.891. The zero-order valence-electron chi connectivity index (χ0n) is 11.7. The lowest BCUT2D eigenvalue weighted by Crippen LogP contribution is -2.30. The Morgan fingerprint density at radius 3 is 2.48 bits per heavy atom. The Bertz CT molecular complexity index is 608. The number of nitrogens with two attached hydrogens (primary N) is 1. The maximum Gasteiger partial charge on any atom is 0.316 e. The molecular weight excluding hydrogens is 286 g/mol. The maximum absolute atomic E-state index is 12.5. The Labute approximate surface area is 127 Å². The van der Waals surface area contributed by atoms with Crippen molar-refractivity contribution in [3.05, 3.63) is 52.2 Å². The minimum Gasteiger partial charge on any atom is -0.351 e. The molecule has 0 spiro atoms. The van der Waals surface area contributed by atoms with Crippen LogP contribution < -0.4 is 11.1 Å². The summed E-state index contributed by atoms with van der Waals surface area (Å²) in [5, 5.41) is 4.46. The summed E-state index contributed by atoms with van der Waals surface area (Å²) >= 11 is 1.63. The average molecular weight is 303 g/mol. The van der Waals surface area contributed by atoms with E-state index in [1.165, 1.54) is 0 Å². The fraction of sp³-hybridized carbons (Fsp3) is 0.200. The van der Waals surface area contributed by atoms with Crippen molar-refractivity contribution < 1.29 is 9.59 Å². The highest BCUT2D eigenvalue weighted by molar-refractivity contribution is 7.09. The standard InChI is InChI=1S/C15H17N3O2S/c1-2-18(10-13-4-3-9-21-13)14(19)11-5-7-12(8-6-11)17-15(16)20/h3-9H,2,10H2,1H3,(H3,16,17,20). The van der Waals surface area contributed by atoms with Gasteiger partial charge in [-0.3, -0.25) is 4.79 Å². The van der Waals surface area contributed by atoms with E-state index in [9.17, 15) is 9.59 Å². The van der Waals surface area contributed by atoms with E-state index in [0.29, 0.717) is 24.3 Å². The third-order valence-electron chi connectivity index (χ3n) is 3.00. The van der Waals surface area contributed by atoms with Gasteiger partial charge in [-0.05, 0) is 42.6 Å². The molecule has 21 heavy (non-hydrogen) atoms. The highest BCUT2D eigenvalue weighted by Crippen LogP contribution is 2.16. The van der Waals surface area contributed by atoms with E-state index in [4.69, 9.17) is 5.73 Å². The molecule has 0 aliphatic heterocycles. The van der Waals surface area contributed by atoms with Gasteiger partial charge in [0.05, 0.1) is 6.54 Å². The molecule has 110 valence electrons. The lowest BCUT2D eigenvalue weighted by Gasteiger charge is -2.20. The van der Waals surface area contributed by atoms with Gasteiger partial charge in [-0.25, -0.2) is 4.79 Å². The van der Waals surface area contributed by atoms with Crippen molar-refractivity contribution in [2.45, 2.75) is 13.5 Å². The van der Waals surface area contributed by atoms with Crippen LogP contribution in [0.5, 0.6) is 0 Å². The third-order valence-corrected chi connectivity index (χ3v) is 3.86. The number of benzene rings is 1. The number of carbonyl (C=O) groups is 2. The van der Waals surface area contributed by atoms with E-state index in [1.54, 1.807) is 40.5 Å². The predicted octanol–water partition coefficient (Wildman–Crippen LogP) is 2.90. The second kappa shape index (κ2) is 6.90. The number of carbonyl (C=O) groups excluding carboxylic acids is 2. The number of primary amides is 1. The van der Waals surface area contributed by atoms with Gasteiger partial charge in [-0.2, -0.15) is 0 Å². The summed E-state index contributed by atoms with van der Waals surface area (Å²) in [6.45, 7) is 3.20. The largest absolute Gasteiger partial charge is 0.351 e. The molecule has 0 atom stereocenters. The first-order valence-electron chi connectivity index (χ1n) is 6.58. The van der Waals surface area contributed by atoms with Crippen LogP contribution in [0.4, 0.5) is 10.5 Å². The highest BCUT2D eigenvalue weighted by atomic mass is 32.1. The monoisotopic (exact) mass is 303 g/mol. The van der Waals surface area contributed by atoms with Gasteiger partial charge in [0.15, 0.2) is 0 Å². The van der Waals surface area contributed by atoms with Crippen LogP contribution in [-0.2, 0) is 6.54 Å². The number of urea groups is 1. The van der Waals surface area contributed by atoms with Crippen LogP contribution in [0.25, 0.3) is 0 Å². The second-order valence-electron chi connectivity index (χ2n) is 4.47. The van der Waals surface area contributed by atoms with E-state index in [2.05, 4.69) is 5.32 Å². The molecule has 0 aliphatic carbocycles. The number of hydrogen-bond donors (Lipinski definition) is 2. The number of rotatable bonds is 5. The van der Waals surface area contributed by atoms with Crippen molar-refractivity contribution in [2.75, 3.05) is 11.9 Å². The van der Waals surface area contributed by atoms with Crippen molar-refractivity contribution in [2.24, 2.45) is 5.73 Å². The fourth-order valence-electron chi connectivity index (χ4n) is 1.94. The van der Waals surface area contributed by atoms with Gasteiger partial charge in [0.2, 0.25) is 0 Å². The Morgan fingerprint density at radius 1 is 1.24 bits per heavy atom. The molecule has 6 heteroatoms. The number of nitrogens with zero attached hydrogens (tertiary/aromatic N) is 1. The van der Waals surface area contributed by atoms with Gasteiger partial charge in [-0.15, -0.1) is 11.3 Å². The molecule has 0 aliphatic rings. The SMILES string of the molecule is CCN(Cc1cccs1)C(=O)c1ccc(NC(N)=O)cc1. The van der Waals surface area contributed by atoms with Crippen molar-refractivity contribution in [1.82, 2.24) is 4.90 Å². The van der Waals surface area contributed by atoms with Crippen LogP contribution in [0.15, 0.2) is 41.8 Å². The normalized spacial score (nSPS) is 10.1. The molecule has 0 fully saturated rings. The molecular formula is C15H17N3O2S. The summed E-state index contributed by atoms with van der Waals surface area (Å²) in [5.41, 5.74) is 6.20. The molecule has 0 bridgehead atoms. The molecule has 0 saturated heterocycles. The van der Waals surface area contributed by atoms with E-state index < -0.39 is 6.03 Å². The van der Waals surface area contributed by atoms with Crippen LogP contribution in [0.3, 0.4) is 0 Å². The summed E-state index contributed by atoms with van der Waals surface area (Å²) in [6.07, 6.45) is 0. The summed E-state index contributed by atoms with van der Waals surface area (Å²) < 4.78 is 0. The van der Waals surface area contributed by atoms with Gasteiger partial charge < -0.3 is 16.0 Å². The van der Waals surface area contributed by atoms with Crippen molar-refractivity contribution >= 4 is 29.0 Å². The van der Waals surface area contributed by atoms with Gasteiger partial charge in [0.25, 0.3) is 5.91 Å². The molecule has 1 aromatic carbocycles. The Morgan fingerprint density at radius 2 is 1.95 bits per heavy atom. The van der Waals surface area contributed by atoms with Crippen LogP contribution in [0.1, 0.15) is 22.2 Å². The molecule has 0 radical (unpaired) electrons. The summed E-state index contributed by atoms with van der Waals surface area (Å²) in [6, 6.07) is 10.1. The second-order valence-corrected chi connectivity index (χ2v) is 5.50. The van der Waals surface area contributed by atoms with E-state index >= 15 is 0 Å². The van der Waals surface area contributed by atoms with Crippen molar-refractivity contribution in [3.8, 4) is 0 Å². The lowest BCUT2D eigenvalue weighted by molar-refractivity contribution is 0.0754. The number of amides is 3. The summed E-state index contributed by atoms with van der Waals surface area (Å²) in [4.78, 5) is 26.1. The van der Waals surface area contributed by atoms with Gasteiger partial charge in [-0.1, -0.05) is 6.07 Å². The number of nitrogens with one attached hydrogen (secondary N) is 1. The minimum atomic E-state index is -0.623.